The minimum atomic E-state index is -0.367. The number of thiazole rings is 1. The summed E-state index contributed by atoms with van der Waals surface area (Å²) in [5, 5.41) is 2.88. The van der Waals surface area contributed by atoms with Gasteiger partial charge in [0, 0.05) is 30.9 Å². The van der Waals surface area contributed by atoms with Gasteiger partial charge in [-0.2, -0.15) is 0 Å². The van der Waals surface area contributed by atoms with E-state index >= 15 is 0 Å². The molecule has 8 nitrogen and oxygen atoms in total. The van der Waals surface area contributed by atoms with Crippen molar-refractivity contribution < 1.29 is 19.1 Å². The molecule has 2 aliphatic rings. The number of ether oxygens (including phenoxy) is 2. The minimum Gasteiger partial charge on any atom is -0.493 e. The number of aromatic nitrogens is 1. The Bertz CT molecular complexity index is 1340. The molecule has 0 aliphatic carbocycles. The van der Waals surface area contributed by atoms with Crippen LogP contribution in [-0.4, -0.2) is 53.7 Å². The van der Waals surface area contributed by atoms with Crippen LogP contribution < -0.4 is 14.8 Å². The summed E-state index contributed by atoms with van der Waals surface area (Å²) in [6, 6.07) is 8.96. The Labute approximate surface area is 211 Å². The van der Waals surface area contributed by atoms with Crippen molar-refractivity contribution in [1.29, 1.82) is 0 Å². The first kappa shape index (κ1) is 23.6. The SMILES string of the molecule is COc1cc2c(cc1OCCCC(=O)Nc1ccc3sc(Cl)nc3c1)N=CC1(C)CCCN1C2=O. The van der Waals surface area contributed by atoms with Gasteiger partial charge in [0.1, 0.15) is 0 Å². The van der Waals surface area contributed by atoms with Crippen molar-refractivity contribution in [3.8, 4) is 11.5 Å². The number of hydrogen-bond acceptors (Lipinski definition) is 7. The maximum Gasteiger partial charge on any atom is 0.256 e. The number of methoxy groups -OCH3 is 1. The maximum atomic E-state index is 13.2. The number of anilines is 1. The molecule has 3 heterocycles. The predicted octanol–water partition coefficient (Wildman–Crippen LogP) is 5.47. The van der Waals surface area contributed by atoms with E-state index in [4.69, 9.17) is 21.1 Å². The zero-order valence-corrected chi connectivity index (χ0v) is 21.0. The highest BCUT2D eigenvalue weighted by atomic mass is 35.5. The van der Waals surface area contributed by atoms with Gasteiger partial charge in [0.25, 0.3) is 5.91 Å². The van der Waals surface area contributed by atoms with Crippen LogP contribution in [0.15, 0.2) is 35.3 Å². The van der Waals surface area contributed by atoms with Crippen molar-refractivity contribution in [1.82, 2.24) is 9.88 Å². The molecule has 2 amide bonds. The van der Waals surface area contributed by atoms with Crippen LogP contribution >= 0.6 is 22.9 Å². The average Bonchev–Trinajstić information content (AvgIpc) is 3.38. The molecule has 3 aromatic rings. The van der Waals surface area contributed by atoms with Crippen LogP contribution in [0.2, 0.25) is 4.47 Å². The number of amides is 2. The predicted molar refractivity (Wildman–Crippen MR) is 138 cm³/mol. The number of halogens is 1. The molecule has 35 heavy (non-hydrogen) atoms. The van der Waals surface area contributed by atoms with Gasteiger partial charge >= 0.3 is 0 Å². The second-order valence-electron chi connectivity index (χ2n) is 8.85. The molecule has 1 aromatic heterocycles. The Morgan fingerprint density at radius 3 is 2.97 bits per heavy atom. The van der Waals surface area contributed by atoms with E-state index in [9.17, 15) is 9.59 Å². The van der Waals surface area contributed by atoms with E-state index in [2.05, 4.69) is 15.3 Å². The Morgan fingerprint density at radius 1 is 1.29 bits per heavy atom. The fraction of sp³-hybridized carbons (Fsp3) is 0.360. The number of rotatable bonds is 7. The molecule has 1 unspecified atom stereocenters. The Hall–Kier alpha value is -3.17. The topological polar surface area (TPSA) is 93.1 Å². The Morgan fingerprint density at radius 2 is 2.14 bits per heavy atom. The lowest BCUT2D eigenvalue weighted by atomic mass is 10.0. The summed E-state index contributed by atoms with van der Waals surface area (Å²) < 4.78 is 12.9. The molecular formula is C25H25ClN4O4S. The number of hydrogen-bond donors (Lipinski definition) is 1. The number of carbonyl (C=O) groups is 2. The number of nitrogens with zero attached hydrogens (tertiary/aromatic N) is 3. The summed E-state index contributed by atoms with van der Waals surface area (Å²) in [6.07, 6.45) is 4.51. The molecule has 0 saturated carbocycles. The van der Waals surface area contributed by atoms with Crippen LogP contribution in [0, 0.1) is 0 Å². The molecular weight excluding hydrogens is 488 g/mol. The molecule has 1 atom stereocenters. The molecule has 1 saturated heterocycles. The first-order valence-corrected chi connectivity index (χ1v) is 12.6. The van der Waals surface area contributed by atoms with Crippen molar-refractivity contribution in [2.75, 3.05) is 25.6 Å². The Balaban J connectivity index is 1.21. The van der Waals surface area contributed by atoms with Crippen molar-refractivity contribution >= 4 is 62.6 Å². The number of carbonyl (C=O) groups excluding carboxylic acids is 2. The lowest BCUT2D eigenvalue weighted by Gasteiger charge is -2.30. The molecule has 2 aromatic carbocycles. The summed E-state index contributed by atoms with van der Waals surface area (Å²) in [5.74, 6) is 0.800. The molecule has 0 radical (unpaired) electrons. The van der Waals surface area contributed by atoms with Gasteiger partial charge in [0.15, 0.2) is 16.0 Å². The largest absolute Gasteiger partial charge is 0.493 e. The van der Waals surface area contributed by atoms with Gasteiger partial charge in [-0.15, -0.1) is 11.3 Å². The lowest BCUT2D eigenvalue weighted by Crippen LogP contribution is -2.45. The third-order valence-electron chi connectivity index (χ3n) is 6.37. The van der Waals surface area contributed by atoms with Crippen molar-refractivity contribution in [3.05, 3.63) is 40.4 Å². The van der Waals surface area contributed by atoms with E-state index in [1.54, 1.807) is 25.3 Å². The van der Waals surface area contributed by atoms with E-state index in [0.29, 0.717) is 45.9 Å². The number of aliphatic imine (C=N–C) groups is 1. The van der Waals surface area contributed by atoms with E-state index in [-0.39, 0.29) is 23.8 Å². The van der Waals surface area contributed by atoms with Crippen LogP contribution in [0.4, 0.5) is 11.4 Å². The summed E-state index contributed by atoms with van der Waals surface area (Å²) >= 11 is 7.35. The summed E-state index contributed by atoms with van der Waals surface area (Å²) in [7, 11) is 1.54. The summed E-state index contributed by atoms with van der Waals surface area (Å²) in [5.41, 5.74) is 2.14. The molecule has 0 bridgehead atoms. The van der Waals surface area contributed by atoms with Crippen LogP contribution in [0.1, 0.15) is 43.0 Å². The number of nitrogens with one attached hydrogen (secondary N) is 1. The van der Waals surface area contributed by atoms with Gasteiger partial charge in [-0.05, 0) is 50.5 Å². The normalized spacial score (nSPS) is 18.8. The highest BCUT2D eigenvalue weighted by molar-refractivity contribution is 7.22. The number of fused-ring (bicyclic) bond motifs is 3. The van der Waals surface area contributed by atoms with Crippen LogP contribution in [0.25, 0.3) is 10.2 Å². The van der Waals surface area contributed by atoms with E-state index in [1.807, 2.05) is 30.2 Å². The van der Waals surface area contributed by atoms with Crippen molar-refractivity contribution in [3.63, 3.8) is 0 Å². The number of benzene rings is 2. The molecule has 182 valence electrons. The maximum absolute atomic E-state index is 13.2. The van der Waals surface area contributed by atoms with E-state index < -0.39 is 0 Å². The van der Waals surface area contributed by atoms with Gasteiger partial charge in [-0.25, -0.2) is 4.98 Å². The second kappa shape index (κ2) is 9.47. The molecule has 2 aliphatic heterocycles. The van der Waals surface area contributed by atoms with Gasteiger partial charge in [0.05, 0.1) is 40.7 Å². The third-order valence-corrected chi connectivity index (χ3v) is 7.51. The van der Waals surface area contributed by atoms with Gasteiger partial charge in [-0.1, -0.05) is 11.6 Å². The molecule has 10 heteroatoms. The minimum absolute atomic E-state index is 0.0443. The van der Waals surface area contributed by atoms with Crippen LogP contribution in [-0.2, 0) is 4.79 Å². The molecule has 1 N–H and O–H groups in total. The smallest absolute Gasteiger partial charge is 0.256 e. The highest BCUT2D eigenvalue weighted by Crippen LogP contribution is 2.40. The molecule has 5 rings (SSSR count). The first-order valence-electron chi connectivity index (χ1n) is 11.4. The lowest BCUT2D eigenvalue weighted by molar-refractivity contribution is -0.116. The second-order valence-corrected chi connectivity index (χ2v) is 10.5. The van der Waals surface area contributed by atoms with Crippen molar-refractivity contribution in [2.24, 2.45) is 4.99 Å². The van der Waals surface area contributed by atoms with Crippen LogP contribution in [0.5, 0.6) is 11.5 Å². The van der Waals surface area contributed by atoms with E-state index in [1.165, 1.54) is 11.3 Å². The fourth-order valence-electron chi connectivity index (χ4n) is 4.52. The standard InChI is InChI=1S/C25H25ClN4O4S/c1-25-8-4-9-30(25)23(32)16-12-19(33-2)20(13-17(16)27-14-25)34-10-3-5-22(31)28-15-6-7-21-18(11-15)29-24(26)35-21/h6-7,11-14H,3-5,8-10H2,1-2H3,(H,28,31). The summed E-state index contributed by atoms with van der Waals surface area (Å²) in [4.78, 5) is 36.3. The average molecular weight is 513 g/mol. The highest BCUT2D eigenvalue weighted by Gasteiger charge is 2.41. The first-order chi connectivity index (χ1) is 16.9. The summed E-state index contributed by atoms with van der Waals surface area (Å²) in [6.45, 7) is 3.07. The van der Waals surface area contributed by atoms with Crippen molar-refractivity contribution in [2.45, 2.75) is 38.1 Å². The van der Waals surface area contributed by atoms with E-state index in [0.717, 1.165) is 29.6 Å². The molecule has 0 spiro atoms. The van der Waals surface area contributed by atoms with Crippen LogP contribution in [0.3, 0.4) is 0 Å². The Kier molecular flexibility index (Phi) is 6.37. The van der Waals surface area contributed by atoms with Gasteiger partial charge in [-0.3, -0.25) is 14.6 Å². The monoisotopic (exact) mass is 512 g/mol. The quantitative estimate of drug-likeness (QED) is 0.424. The van der Waals surface area contributed by atoms with Gasteiger partial charge < -0.3 is 19.7 Å². The molecule has 1 fully saturated rings. The fourth-order valence-corrected chi connectivity index (χ4v) is 5.53. The van der Waals surface area contributed by atoms with Gasteiger partial charge in [0.2, 0.25) is 5.91 Å². The zero-order chi connectivity index (χ0) is 24.6. The third kappa shape index (κ3) is 4.70. The zero-order valence-electron chi connectivity index (χ0n) is 19.5.